The molecule has 0 radical (unpaired) electrons. The highest BCUT2D eigenvalue weighted by atomic mass is 35.5. The lowest BCUT2D eigenvalue weighted by molar-refractivity contribution is -0.154. The number of rotatable bonds is 5. The van der Waals surface area contributed by atoms with Crippen molar-refractivity contribution in [1.29, 1.82) is 0 Å². The van der Waals surface area contributed by atoms with Gasteiger partial charge in [-0.25, -0.2) is 4.98 Å². The van der Waals surface area contributed by atoms with Crippen LogP contribution in [0.3, 0.4) is 0 Å². The van der Waals surface area contributed by atoms with Crippen molar-refractivity contribution in [3.8, 4) is 16.5 Å². The van der Waals surface area contributed by atoms with Crippen LogP contribution in [0.1, 0.15) is 10.4 Å². The predicted molar refractivity (Wildman–Crippen MR) is 94.1 cm³/mol. The fraction of sp³-hybridized carbons (Fsp3) is 0.125. The Morgan fingerprint density at radius 1 is 1.19 bits per heavy atom. The minimum Gasteiger partial charge on any atom is -0.468 e. The number of halogens is 4. The molecule has 1 amide bonds. The van der Waals surface area contributed by atoms with Crippen LogP contribution in [0.2, 0.25) is 5.02 Å². The van der Waals surface area contributed by atoms with Gasteiger partial charge in [0.2, 0.25) is 11.0 Å². The van der Waals surface area contributed by atoms with E-state index in [0.717, 1.165) is 17.5 Å². The van der Waals surface area contributed by atoms with E-state index < -0.39 is 18.7 Å². The maximum Gasteiger partial charge on any atom is 0.422 e. The Bertz CT molecular complexity index is 947. The van der Waals surface area contributed by atoms with Gasteiger partial charge in [0.25, 0.3) is 5.91 Å². The highest BCUT2D eigenvalue weighted by molar-refractivity contribution is 7.18. The number of benzene rings is 1. The fourth-order valence-electron chi connectivity index (χ4n) is 1.94. The van der Waals surface area contributed by atoms with E-state index in [9.17, 15) is 18.0 Å². The largest absolute Gasteiger partial charge is 0.468 e. The molecular formula is C16H10ClF3N4O2S. The number of hydrogen-bond donors (Lipinski definition) is 1. The maximum absolute atomic E-state index is 12.2. The number of nitrogens with one attached hydrogen (secondary N) is 1. The first-order chi connectivity index (χ1) is 12.8. The van der Waals surface area contributed by atoms with Gasteiger partial charge in [0.05, 0.1) is 10.6 Å². The highest BCUT2D eigenvalue weighted by Crippen LogP contribution is 2.31. The molecule has 0 saturated carbocycles. The minimum atomic E-state index is -4.46. The second-order valence-electron chi connectivity index (χ2n) is 5.14. The summed E-state index contributed by atoms with van der Waals surface area (Å²) in [6, 6.07) is 9.54. The number of amides is 1. The van der Waals surface area contributed by atoms with E-state index in [4.69, 9.17) is 11.6 Å². The zero-order valence-corrected chi connectivity index (χ0v) is 14.9. The van der Waals surface area contributed by atoms with Gasteiger partial charge in [0.15, 0.2) is 11.6 Å². The van der Waals surface area contributed by atoms with Crippen LogP contribution in [-0.4, -0.2) is 33.9 Å². The van der Waals surface area contributed by atoms with Crippen molar-refractivity contribution in [3.05, 3.63) is 53.2 Å². The van der Waals surface area contributed by atoms with Gasteiger partial charge in [0.1, 0.15) is 0 Å². The van der Waals surface area contributed by atoms with Crippen molar-refractivity contribution in [2.24, 2.45) is 0 Å². The van der Waals surface area contributed by atoms with Crippen LogP contribution in [0.15, 0.2) is 42.6 Å². The number of aromatic nitrogens is 3. The molecule has 27 heavy (non-hydrogen) atoms. The standard InChI is InChI=1S/C16H10ClF3N4O2S/c17-11-4-2-1-3-10(11)14-23-24-15(27-14)22-13(25)9-5-6-12(21-7-9)26-8-16(18,19)20/h1-7H,8H2,(H,22,24,25). The van der Waals surface area contributed by atoms with E-state index in [1.54, 1.807) is 24.3 Å². The number of alkyl halides is 3. The van der Waals surface area contributed by atoms with E-state index in [2.05, 4.69) is 25.2 Å². The predicted octanol–water partition coefficient (Wildman–Crippen LogP) is 4.45. The van der Waals surface area contributed by atoms with E-state index in [-0.39, 0.29) is 16.6 Å². The lowest BCUT2D eigenvalue weighted by Crippen LogP contribution is -2.19. The first kappa shape index (κ1) is 19.1. The van der Waals surface area contributed by atoms with E-state index in [1.807, 2.05) is 0 Å². The number of nitrogens with zero attached hydrogens (tertiary/aromatic N) is 3. The highest BCUT2D eigenvalue weighted by Gasteiger charge is 2.28. The summed E-state index contributed by atoms with van der Waals surface area (Å²) in [5.41, 5.74) is 0.814. The molecule has 0 spiro atoms. The van der Waals surface area contributed by atoms with Crippen LogP contribution in [0.4, 0.5) is 18.3 Å². The van der Waals surface area contributed by atoms with Gasteiger partial charge in [-0.15, -0.1) is 10.2 Å². The molecule has 3 rings (SSSR count). The van der Waals surface area contributed by atoms with Crippen molar-refractivity contribution in [3.63, 3.8) is 0 Å². The Labute approximate surface area is 160 Å². The van der Waals surface area contributed by atoms with E-state index >= 15 is 0 Å². The third-order valence-corrected chi connectivity index (χ3v) is 4.33. The van der Waals surface area contributed by atoms with E-state index in [1.165, 1.54) is 12.1 Å². The molecule has 11 heteroatoms. The Morgan fingerprint density at radius 2 is 1.96 bits per heavy atom. The van der Waals surface area contributed by atoms with Crippen LogP contribution in [0.5, 0.6) is 5.88 Å². The van der Waals surface area contributed by atoms with E-state index in [0.29, 0.717) is 15.6 Å². The normalized spacial score (nSPS) is 11.3. The minimum absolute atomic E-state index is 0.129. The maximum atomic E-state index is 12.2. The van der Waals surface area contributed by atoms with Crippen molar-refractivity contribution in [2.45, 2.75) is 6.18 Å². The number of hydrogen-bond acceptors (Lipinski definition) is 6. The van der Waals surface area contributed by atoms with Gasteiger partial charge >= 0.3 is 6.18 Å². The quantitative estimate of drug-likeness (QED) is 0.667. The van der Waals surface area contributed by atoms with Gasteiger partial charge < -0.3 is 4.74 Å². The Hall–Kier alpha value is -2.72. The molecular weight excluding hydrogens is 405 g/mol. The average molecular weight is 415 g/mol. The molecule has 6 nitrogen and oxygen atoms in total. The third-order valence-electron chi connectivity index (χ3n) is 3.13. The van der Waals surface area contributed by atoms with Gasteiger partial charge in [-0.1, -0.05) is 41.1 Å². The number of carbonyl (C=O) groups is 1. The smallest absolute Gasteiger partial charge is 0.422 e. The molecule has 0 atom stereocenters. The number of carbonyl (C=O) groups excluding carboxylic acids is 1. The molecule has 0 unspecified atom stereocenters. The van der Waals surface area contributed by atoms with Gasteiger partial charge in [-0.2, -0.15) is 13.2 Å². The van der Waals surface area contributed by atoms with Crippen LogP contribution >= 0.6 is 22.9 Å². The first-order valence-corrected chi connectivity index (χ1v) is 8.56. The van der Waals surface area contributed by atoms with Crippen molar-refractivity contribution >= 4 is 34.0 Å². The monoisotopic (exact) mass is 414 g/mol. The molecule has 0 bridgehead atoms. The summed E-state index contributed by atoms with van der Waals surface area (Å²) in [6.07, 6.45) is -3.36. The molecule has 0 fully saturated rings. The molecule has 2 aromatic heterocycles. The zero-order valence-electron chi connectivity index (χ0n) is 13.3. The summed E-state index contributed by atoms with van der Waals surface area (Å²) in [5, 5.41) is 11.7. The average Bonchev–Trinajstić information content (AvgIpc) is 3.08. The number of anilines is 1. The zero-order chi connectivity index (χ0) is 19.4. The second-order valence-corrected chi connectivity index (χ2v) is 6.52. The van der Waals surface area contributed by atoms with Crippen LogP contribution < -0.4 is 10.1 Å². The SMILES string of the molecule is O=C(Nc1nnc(-c2ccccc2Cl)s1)c1ccc(OCC(F)(F)F)nc1. The third kappa shape index (κ3) is 5.14. The Morgan fingerprint density at radius 3 is 2.63 bits per heavy atom. The lowest BCUT2D eigenvalue weighted by Gasteiger charge is -2.08. The summed E-state index contributed by atoms with van der Waals surface area (Å²) >= 11 is 7.23. The summed E-state index contributed by atoms with van der Waals surface area (Å²) in [5.74, 6) is -0.771. The summed E-state index contributed by atoms with van der Waals surface area (Å²) in [6.45, 7) is -1.46. The number of pyridine rings is 1. The fourth-order valence-corrected chi connectivity index (χ4v) is 3.00. The van der Waals surface area contributed by atoms with Crippen molar-refractivity contribution < 1.29 is 22.7 Å². The molecule has 2 heterocycles. The van der Waals surface area contributed by atoms with Crippen molar-refractivity contribution in [2.75, 3.05) is 11.9 Å². The van der Waals surface area contributed by atoms with Crippen LogP contribution in [0.25, 0.3) is 10.6 Å². The first-order valence-electron chi connectivity index (χ1n) is 7.37. The molecule has 140 valence electrons. The van der Waals surface area contributed by atoms with Crippen LogP contribution in [-0.2, 0) is 0 Å². The molecule has 1 aromatic carbocycles. The molecule has 3 aromatic rings. The van der Waals surface area contributed by atoms with Gasteiger partial charge in [-0.05, 0) is 12.1 Å². The van der Waals surface area contributed by atoms with Gasteiger partial charge in [0, 0.05) is 17.8 Å². The Kier molecular flexibility index (Phi) is 5.57. The molecule has 0 aliphatic heterocycles. The molecule has 0 aliphatic rings. The van der Waals surface area contributed by atoms with Gasteiger partial charge in [-0.3, -0.25) is 10.1 Å². The lowest BCUT2D eigenvalue weighted by atomic mass is 10.2. The molecule has 1 N–H and O–H groups in total. The molecule has 0 saturated heterocycles. The van der Waals surface area contributed by atoms with Crippen molar-refractivity contribution in [1.82, 2.24) is 15.2 Å². The second kappa shape index (κ2) is 7.89. The topological polar surface area (TPSA) is 77.0 Å². The number of ether oxygens (including phenoxy) is 1. The Balaban J connectivity index is 1.65. The summed E-state index contributed by atoms with van der Waals surface area (Å²) in [4.78, 5) is 15.9. The molecule has 0 aliphatic carbocycles. The van der Waals surface area contributed by atoms with Crippen LogP contribution in [0, 0.1) is 0 Å². The summed E-state index contributed by atoms with van der Waals surface area (Å²) in [7, 11) is 0. The summed E-state index contributed by atoms with van der Waals surface area (Å²) < 4.78 is 40.8.